The molecule has 0 aliphatic carbocycles. The molecule has 1 rings (SSSR count). The third kappa shape index (κ3) is 3.64. The first-order chi connectivity index (χ1) is 7.15. The minimum atomic E-state index is 0.353. The molecule has 0 unspecified atom stereocenters. The molecule has 0 bridgehead atoms. The number of hydrogen-bond donors (Lipinski definition) is 0. The molecule has 0 aromatic carbocycles. The second-order valence-corrected chi connectivity index (χ2v) is 3.87. The molecule has 0 radical (unpaired) electrons. The topological polar surface area (TPSA) is 38.2 Å². The Hall–Kier alpha value is -0.870. The van der Waals surface area contributed by atoms with Crippen LogP contribution in [0.25, 0.3) is 0 Å². The van der Waals surface area contributed by atoms with Gasteiger partial charge in [-0.25, -0.2) is 9.97 Å². The summed E-state index contributed by atoms with van der Waals surface area (Å²) in [6.07, 6.45) is 1.47. The van der Waals surface area contributed by atoms with Gasteiger partial charge in [0.2, 0.25) is 0 Å². The Balaban J connectivity index is 2.79. The molecule has 0 saturated carbocycles. The Morgan fingerprint density at radius 1 is 1.47 bits per heavy atom. The van der Waals surface area contributed by atoms with Gasteiger partial charge in [0, 0.05) is 25.8 Å². The molecule has 4 nitrogen and oxygen atoms in total. The Morgan fingerprint density at radius 3 is 2.73 bits per heavy atom. The molecule has 0 aliphatic rings. The van der Waals surface area contributed by atoms with E-state index in [2.05, 4.69) is 28.7 Å². The molecule has 0 aliphatic heterocycles. The van der Waals surface area contributed by atoms with Crippen molar-refractivity contribution in [1.29, 1.82) is 0 Å². The predicted molar refractivity (Wildman–Crippen MR) is 61.4 cm³/mol. The molecule has 0 amide bonds. The van der Waals surface area contributed by atoms with Crippen LogP contribution in [-0.2, 0) is 4.74 Å². The average Bonchev–Trinajstić information content (AvgIpc) is 2.18. The maximum atomic E-state index is 5.82. The van der Waals surface area contributed by atoms with Gasteiger partial charge in [0.05, 0.1) is 6.61 Å². The fraction of sp³-hybridized carbons (Fsp3) is 0.600. The molecular weight excluding hydrogens is 214 g/mol. The zero-order valence-electron chi connectivity index (χ0n) is 9.27. The van der Waals surface area contributed by atoms with Gasteiger partial charge in [0.15, 0.2) is 0 Å². The van der Waals surface area contributed by atoms with Crippen LogP contribution in [-0.4, -0.2) is 36.3 Å². The molecule has 0 atom stereocenters. The van der Waals surface area contributed by atoms with Crippen LogP contribution in [0.15, 0.2) is 12.4 Å². The van der Waals surface area contributed by atoms with Crippen LogP contribution in [0.1, 0.15) is 13.8 Å². The van der Waals surface area contributed by atoms with Crippen molar-refractivity contribution in [2.45, 2.75) is 19.9 Å². The van der Waals surface area contributed by atoms with E-state index in [1.54, 1.807) is 13.2 Å². The summed E-state index contributed by atoms with van der Waals surface area (Å²) in [5, 5.41) is 0.461. The number of methoxy groups -OCH3 is 1. The van der Waals surface area contributed by atoms with Gasteiger partial charge in [-0.1, -0.05) is 11.6 Å². The SMILES string of the molecule is COCCN(c1cc(Cl)ncn1)C(C)C. The van der Waals surface area contributed by atoms with Gasteiger partial charge in [0.1, 0.15) is 17.3 Å². The fourth-order valence-electron chi connectivity index (χ4n) is 1.31. The van der Waals surface area contributed by atoms with Gasteiger partial charge in [-0.3, -0.25) is 0 Å². The number of rotatable bonds is 5. The molecule has 1 aromatic rings. The quantitative estimate of drug-likeness (QED) is 0.724. The van der Waals surface area contributed by atoms with Gasteiger partial charge in [-0.15, -0.1) is 0 Å². The summed E-state index contributed by atoms with van der Waals surface area (Å²) in [5.74, 6) is 0.835. The van der Waals surface area contributed by atoms with Gasteiger partial charge in [-0.2, -0.15) is 0 Å². The first-order valence-electron chi connectivity index (χ1n) is 4.88. The molecule has 0 N–H and O–H groups in total. The molecular formula is C10H16ClN3O. The number of aromatic nitrogens is 2. The van der Waals surface area contributed by atoms with Crippen LogP contribution >= 0.6 is 11.6 Å². The highest BCUT2D eigenvalue weighted by Crippen LogP contribution is 2.16. The molecule has 15 heavy (non-hydrogen) atoms. The predicted octanol–water partition coefficient (Wildman–Crippen LogP) is 1.99. The van der Waals surface area contributed by atoms with Crippen molar-refractivity contribution in [2.24, 2.45) is 0 Å². The summed E-state index contributed by atoms with van der Waals surface area (Å²) >= 11 is 5.82. The monoisotopic (exact) mass is 229 g/mol. The van der Waals surface area contributed by atoms with Crippen LogP contribution in [0.4, 0.5) is 5.82 Å². The van der Waals surface area contributed by atoms with Crippen LogP contribution in [0, 0.1) is 0 Å². The van der Waals surface area contributed by atoms with E-state index in [0.29, 0.717) is 17.8 Å². The Labute approximate surface area is 95.2 Å². The van der Waals surface area contributed by atoms with E-state index in [4.69, 9.17) is 16.3 Å². The van der Waals surface area contributed by atoms with E-state index in [9.17, 15) is 0 Å². The number of anilines is 1. The molecule has 1 heterocycles. The summed E-state index contributed by atoms with van der Waals surface area (Å²) in [7, 11) is 1.69. The van der Waals surface area contributed by atoms with Crippen LogP contribution in [0.3, 0.4) is 0 Å². The third-order valence-corrected chi connectivity index (χ3v) is 2.28. The van der Waals surface area contributed by atoms with Crippen molar-refractivity contribution in [3.8, 4) is 0 Å². The van der Waals surface area contributed by atoms with E-state index >= 15 is 0 Å². The highest BCUT2D eigenvalue weighted by molar-refractivity contribution is 6.29. The first kappa shape index (κ1) is 12.2. The van der Waals surface area contributed by atoms with Gasteiger partial charge in [-0.05, 0) is 13.8 Å². The van der Waals surface area contributed by atoms with Crippen molar-refractivity contribution in [2.75, 3.05) is 25.2 Å². The van der Waals surface area contributed by atoms with Crippen molar-refractivity contribution >= 4 is 17.4 Å². The third-order valence-electron chi connectivity index (χ3n) is 2.07. The maximum absolute atomic E-state index is 5.82. The summed E-state index contributed by atoms with van der Waals surface area (Å²) in [5.41, 5.74) is 0. The smallest absolute Gasteiger partial charge is 0.134 e. The largest absolute Gasteiger partial charge is 0.383 e. The number of hydrogen-bond acceptors (Lipinski definition) is 4. The highest BCUT2D eigenvalue weighted by Gasteiger charge is 2.11. The van der Waals surface area contributed by atoms with Crippen molar-refractivity contribution < 1.29 is 4.74 Å². The zero-order valence-corrected chi connectivity index (χ0v) is 10.0. The fourth-order valence-corrected chi connectivity index (χ4v) is 1.45. The minimum absolute atomic E-state index is 0.353. The number of nitrogens with zero attached hydrogens (tertiary/aromatic N) is 3. The molecule has 0 fully saturated rings. The lowest BCUT2D eigenvalue weighted by Gasteiger charge is -2.27. The zero-order chi connectivity index (χ0) is 11.3. The lowest BCUT2D eigenvalue weighted by Crippen LogP contribution is -2.34. The van der Waals surface area contributed by atoms with Gasteiger partial charge >= 0.3 is 0 Å². The molecule has 84 valence electrons. The summed E-state index contributed by atoms with van der Waals surface area (Å²) in [6, 6.07) is 2.11. The number of ether oxygens (including phenoxy) is 1. The summed E-state index contributed by atoms with van der Waals surface area (Å²) < 4.78 is 5.06. The lowest BCUT2D eigenvalue weighted by molar-refractivity contribution is 0.203. The second kappa shape index (κ2) is 5.88. The Bertz CT molecular complexity index is 306. The standard InChI is InChI=1S/C10H16ClN3O/c1-8(2)14(4-5-15-3)10-6-9(11)12-7-13-10/h6-8H,4-5H2,1-3H3. The van der Waals surface area contributed by atoms with E-state index in [0.717, 1.165) is 12.4 Å². The van der Waals surface area contributed by atoms with E-state index in [1.165, 1.54) is 6.33 Å². The van der Waals surface area contributed by atoms with Crippen LogP contribution in [0.5, 0.6) is 0 Å². The Morgan fingerprint density at radius 2 is 2.20 bits per heavy atom. The second-order valence-electron chi connectivity index (χ2n) is 3.48. The van der Waals surface area contributed by atoms with Crippen molar-refractivity contribution in [3.63, 3.8) is 0 Å². The summed E-state index contributed by atoms with van der Waals surface area (Å²) in [6.45, 7) is 5.67. The lowest BCUT2D eigenvalue weighted by atomic mass is 10.3. The van der Waals surface area contributed by atoms with E-state index < -0.39 is 0 Å². The minimum Gasteiger partial charge on any atom is -0.383 e. The van der Waals surface area contributed by atoms with E-state index in [-0.39, 0.29) is 0 Å². The van der Waals surface area contributed by atoms with Crippen molar-refractivity contribution in [3.05, 3.63) is 17.5 Å². The normalized spacial score (nSPS) is 10.7. The average molecular weight is 230 g/mol. The molecule has 5 heteroatoms. The molecule has 0 saturated heterocycles. The van der Waals surface area contributed by atoms with Gasteiger partial charge < -0.3 is 9.64 Å². The van der Waals surface area contributed by atoms with Gasteiger partial charge in [0.25, 0.3) is 0 Å². The first-order valence-corrected chi connectivity index (χ1v) is 5.26. The summed E-state index contributed by atoms with van der Waals surface area (Å²) in [4.78, 5) is 10.2. The van der Waals surface area contributed by atoms with E-state index in [1.807, 2.05) is 0 Å². The molecule has 0 spiro atoms. The van der Waals surface area contributed by atoms with Crippen molar-refractivity contribution in [1.82, 2.24) is 9.97 Å². The molecule has 1 aromatic heterocycles. The maximum Gasteiger partial charge on any atom is 0.134 e. The number of halogens is 1. The van der Waals surface area contributed by atoms with Crippen LogP contribution < -0.4 is 4.90 Å². The Kier molecular flexibility index (Phi) is 4.78. The highest BCUT2D eigenvalue weighted by atomic mass is 35.5. The van der Waals surface area contributed by atoms with Crippen LogP contribution in [0.2, 0.25) is 5.15 Å².